The molecule has 2 amide bonds. The molecule has 1 aromatic carbocycles. The fourth-order valence-electron chi connectivity index (χ4n) is 3.83. The van der Waals surface area contributed by atoms with Gasteiger partial charge in [0, 0.05) is 30.8 Å². The smallest absolute Gasteiger partial charge is 0.425 e. The minimum absolute atomic E-state index is 0.0223. The van der Waals surface area contributed by atoms with Gasteiger partial charge >= 0.3 is 12.2 Å². The molecule has 2 aliphatic heterocycles. The van der Waals surface area contributed by atoms with Crippen molar-refractivity contribution in [1.29, 1.82) is 0 Å². The summed E-state index contributed by atoms with van der Waals surface area (Å²) in [6.45, 7) is 2.43. The van der Waals surface area contributed by atoms with Crippen LogP contribution in [0, 0.1) is 18.2 Å². The molecule has 1 aromatic rings. The number of rotatable bonds is 4. The lowest BCUT2D eigenvalue weighted by Gasteiger charge is -2.36. The van der Waals surface area contributed by atoms with E-state index in [2.05, 4.69) is 21.0 Å². The number of likely N-dealkylation sites (tertiary alicyclic amines) is 1. The second-order valence-corrected chi connectivity index (χ2v) is 7.90. The number of anilines is 1. The van der Waals surface area contributed by atoms with Crippen LogP contribution in [-0.4, -0.2) is 55.0 Å². The van der Waals surface area contributed by atoms with E-state index >= 15 is 0 Å². The number of hydrogen-bond acceptors (Lipinski definition) is 5. The summed E-state index contributed by atoms with van der Waals surface area (Å²) in [5, 5.41) is 2.66. The van der Waals surface area contributed by atoms with Crippen LogP contribution >= 0.6 is 0 Å². The second-order valence-electron chi connectivity index (χ2n) is 7.90. The zero-order valence-corrected chi connectivity index (χ0v) is 17.4. The fourth-order valence-corrected chi connectivity index (χ4v) is 3.83. The molecule has 0 aromatic heterocycles. The Balaban J connectivity index is 1.73. The third kappa shape index (κ3) is 5.43. The quantitative estimate of drug-likeness (QED) is 0.537. The third-order valence-corrected chi connectivity index (χ3v) is 5.50. The lowest BCUT2D eigenvalue weighted by atomic mass is 9.85. The number of nitrogens with zero attached hydrogens (tertiary/aromatic N) is 2. The van der Waals surface area contributed by atoms with Crippen LogP contribution in [0.3, 0.4) is 0 Å². The van der Waals surface area contributed by atoms with E-state index in [9.17, 15) is 22.4 Å². The first-order chi connectivity index (χ1) is 15.0. The summed E-state index contributed by atoms with van der Waals surface area (Å²) in [6.07, 6.45) is -1.18. The maximum atomic E-state index is 14.6. The van der Waals surface area contributed by atoms with Gasteiger partial charge in [-0.25, -0.2) is 14.2 Å². The molecule has 0 radical (unpaired) electrons. The number of nitrogens with one attached hydrogen (secondary N) is 1. The molecule has 174 valence electrons. The van der Waals surface area contributed by atoms with Crippen molar-refractivity contribution >= 4 is 17.7 Å². The second kappa shape index (κ2) is 9.24. The van der Waals surface area contributed by atoms with E-state index in [1.807, 2.05) is 0 Å². The molecule has 32 heavy (non-hydrogen) atoms. The number of carbonyl (C=O) groups excluding carboxylic acids is 1. The minimum atomic E-state index is -4.69. The van der Waals surface area contributed by atoms with Crippen molar-refractivity contribution in [3.63, 3.8) is 0 Å². The van der Waals surface area contributed by atoms with E-state index < -0.39 is 42.1 Å². The average molecular weight is 456 g/mol. The monoisotopic (exact) mass is 456 g/mol. The SMILES string of the molecule is C#CCOC1CCN(C(=O)Nc2ccc(F)c([C@@]3(C)C[C@@H](C(F)(F)F)OC(N)=N3)c2)CC1. The largest absolute Gasteiger partial charge is 0.452 e. The van der Waals surface area contributed by atoms with Crippen molar-refractivity contribution in [2.45, 2.75) is 50.1 Å². The van der Waals surface area contributed by atoms with Gasteiger partial charge < -0.3 is 25.4 Å². The zero-order chi connectivity index (χ0) is 23.5. The van der Waals surface area contributed by atoms with Gasteiger partial charge in [0.1, 0.15) is 12.4 Å². The van der Waals surface area contributed by atoms with Crippen LogP contribution in [0.4, 0.5) is 28.0 Å². The standard InChI is InChI=1S/C21H24F4N4O3/c1-3-10-31-14-6-8-29(9-7-14)19(30)27-13-4-5-16(22)15(11-13)20(2)12-17(21(23,24)25)32-18(26)28-20/h1,4-5,11,14,17H,6-10,12H2,2H3,(H2,26,28)(H,27,30)/t17-,20+/m0/s1. The van der Waals surface area contributed by atoms with Crippen LogP contribution in [0.15, 0.2) is 23.2 Å². The van der Waals surface area contributed by atoms with Crippen molar-refractivity contribution in [2.24, 2.45) is 10.7 Å². The van der Waals surface area contributed by atoms with Crippen LogP contribution in [0.2, 0.25) is 0 Å². The highest BCUT2D eigenvalue weighted by Crippen LogP contribution is 2.41. The predicted octanol–water partition coefficient (Wildman–Crippen LogP) is 3.35. The average Bonchev–Trinajstić information content (AvgIpc) is 2.72. The molecule has 11 heteroatoms. The molecule has 0 aliphatic carbocycles. The van der Waals surface area contributed by atoms with Crippen LogP contribution in [0.5, 0.6) is 0 Å². The highest BCUT2D eigenvalue weighted by atomic mass is 19.4. The molecule has 7 nitrogen and oxygen atoms in total. The minimum Gasteiger partial charge on any atom is -0.452 e. The molecule has 3 N–H and O–H groups in total. The number of amides is 2. The molecular weight excluding hydrogens is 432 g/mol. The van der Waals surface area contributed by atoms with E-state index in [4.69, 9.17) is 16.9 Å². The van der Waals surface area contributed by atoms with Gasteiger partial charge in [-0.3, -0.25) is 0 Å². The normalized spacial score (nSPS) is 24.3. The lowest BCUT2D eigenvalue weighted by Crippen LogP contribution is -2.46. The number of nitrogens with two attached hydrogens (primary N) is 1. The molecule has 0 bridgehead atoms. The Kier molecular flexibility index (Phi) is 6.83. The van der Waals surface area contributed by atoms with Crippen molar-refractivity contribution < 1.29 is 31.8 Å². The van der Waals surface area contributed by atoms with E-state index in [1.165, 1.54) is 19.1 Å². The number of terminal acetylenes is 1. The number of aliphatic imine (C=N–C) groups is 1. The van der Waals surface area contributed by atoms with E-state index in [-0.39, 0.29) is 24.0 Å². The summed E-state index contributed by atoms with van der Waals surface area (Å²) < 4.78 is 64.3. The highest BCUT2D eigenvalue weighted by molar-refractivity contribution is 5.89. The Morgan fingerprint density at radius 1 is 1.44 bits per heavy atom. The molecule has 0 spiro atoms. The molecule has 2 heterocycles. The summed E-state index contributed by atoms with van der Waals surface area (Å²) in [7, 11) is 0. The van der Waals surface area contributed by atoms with E-state index in [1.54, 1.807) is 4.90 Å². The number of ether oxygens (including phenoxy) is 2. The number of hydrogen-bond donors (Lipinski definition) is 2. The molecule has 3 rings (SSSR count). The van der Waals surface area contributed by atoms with Gasteiger partial charge in [-0.2, -0.15) is 13.2 Å². The Hall–Kier alpha value is -3.00. The summed E-state index contributed by atoms with van der Waals surface area (Å²) >= 11 is 0. The molecule has 1 saturated heterocycles. The zero-order valence-electron chi connectivity index (χ0n) is 17.4. The first kappa shape index (κ1) is 23.7. The summed E-state index contributed by atoms with van der Waals surface area (Å²) in [4.78, 5) is 18.1. The number of halogens is 4. The van der Waals surface area contributed by atoms with Gasteiger partial charge in [-0.1, -0.05) is 5.92 Å². The van der Waals surface area contributed by atoms with Crippen LogP contribution in [-0.2, 0) is 15.0 Å². The maximum absolute atomic E-state index is 14.6. The molecule has 0 saturated carbocycles. The van der Waals surface area contributed by atoms with Crippen LogP contribution in [0.1, 0.15) is 31.7 Å². The number of carbonyl (C=O) groups is 1. The van der Waals surface area contributed by atoms with E-state index in [0.717, 1.165) is 6.07 Å². The summed E-state index contributed by atoms with van der Waals surface area (Å²) in [5.74, 6) is 1.63. The van der Waals surface area contributed by atoms with Gasteiger partial charge in [-0.15, -0.1) is 6.42 Å². The highest BCUT2D eigenvalue weighted by Gasteiger charge is 2.50. The van der Waals surface area contributed by atoms with Crippen LogP contribution < -0.4 is 11.1 Å². The fraction of sp³-hybridized carbons (Fsp3) is 0.524. The molecular formula is C21H24F4N4O3. The summed E-state index contributed by atoms with van der Waals surface area (Å²) in [6, 6.07) is 2.58. The molecule has 1 fully saturated rings. The molecule has 2 atom stereocenters. The topological polar surface area (TPSA) is 89.2 Å². The van der Waals surface area contributed by atoms with Crippen molar-refractivity contribution in [1.82, 2.24) is 4.90 Å². The van der Waals surface area contributed by atoms with Gasteiger partial charge in [0.2, 0.25) is 0 Å². The first-order valence-electron chi connectivity index (χ1n) is 10.0. The Labute approximate surface area is 182 Å². The lowest BCUT2D eigenvalue weighted by molar-refractivity contribution is -0.208. The van der Waals surface area contributed by atoms with Crippen LogP contribution in [0.25, 0.3) is 0 Å². The number of benzene rings is 1. The first-order valence-corrected chi connectivity index (χ1v) is 10.0. The number of alkyl halides is 3. The number of amidine groups is 1. The summed E-state index contributed by atoms with van der Waals surface area (Å²) in [5.41, 5.74) is 3.92. The number of urea groups is 1. The molecule has 0 unspecified atom stereocenters. The van der Waals surface area contributed by atoms with Gasteiger partial charge in [0.05, 0.1) is 11.6 Å². The maximum Gasteiger partial charge on any atom is 0.425 e. The molecule has 2 aliphatic rings. The van der Waals surface area contributed by atoms with Crippen molar-refractivity contribution in [3.05, 3.63) is 29.6 Å². The number of piperidine rings is 1. The predicted molar refractivity (Wildman–Crippen MR) is 109 cm³/mol. The third-order valence-electron chi connectivity index (χ3n) is 5.50. The van der Waals surface area contributed by atoms with E-state index in [0.29, 0.717) is 25.9 Å². The Bertz CT molecular complexity index is 923. The Morgan fingerprint density at radius 2 is 2.12 bits per heavy atom. The van der Waals surface area contributed by atoms with Gasteiger partial charge in [0.15, 0.2) is 6.10 Å². The van der Waals surface area contributed by atoms with Gasteiger partial charge in [0.25, 0.3) is 6.02 Å². The van der Waals surface area contributed by atoms with Crippen molar-refractivity contribution in [2.75, 3.05) is 25.0 Å². The van der Waals surface area contributed by atoms with Gasteiger partial charge in [-0.05, 0) is 38.0 Å². The Morgan fingerprint density at radius 3 is 2.75 bits per heavy atom. The van der Waals surface area contributed by atoms with Crippen molar-refractivity contribution in [3.8, 4) is 12.3 Å².